The van der Waals surface area contributed by atoms with Gasteiger partial charge >= 0.3 is 0 Å². The predicted octanol–water partition coefficient (Wildman–Crippen LogP) is 0.889. The highest BCUT2D eigenvalue weighted by Gasteiger charge is 2.11. The van der Waals surface area contributed by atoms with E-state index in [0.717, 1.165) is 18.6 Å². The van der Waals surface area contributed by atoms with Gasteiger partial charge < -0.3 is 20.3 Å². The number of anilines is 1. The Bertz CT molecular complexity index is 515. The summed E-state index contributed by atoms with van der Waals surface area (Å²) in [4.78, 5) is 17.4. The number of rotatable bonds is 7. The molecule has 0 aliphatic heterocycles. The normalized spacial score (nSPS) is 12.4. The van der Waals surface area contributed by atoms with Crippen LogP contribution in [0.2, 0.25) is 0 Å². The van der Waals surface area contributed by atoms with Crippen LogP contribution in [0, 0.1) is 0 Å². The second-order valence-electron chi connectivity index (χ2n) is 4.34. The minimum atomic E-state index is -0.437. The van der Waals surface area contributed by atoms with Crippen molar-refractivity contribution >= 4 is 29.4 Å². The smallest absolute Gasteiger partial charge is 0.182 e. The molecule has 2 aromatic heterocycles. The Balaban J connectivity index is 0.00000200. The highest BCUT2D eigenvalue weighted by atomic mass is 35.5. The Morgan fingerprint density at radius 1 is 1.30 bits per heavy atom. The Labute approximate surface area is 124 Å². The van der Waals surface area contributed by atoms with Crippen molar-refractivity contribution in [1.82, 2.24) is 24.8 Å². The Hall–Kier alpha value is -1.44. The van der Waals surface area contributed by atoms with E-state index in [1.165, 1.54) is 6.33 Å². The van der Waals surface area contributed by atoms with Crippen molar-refractivity contribution in [3.63, 3.8) is 0 Å². The van der Waals surface area contributed by atoms with Crippen molar-refractivity contribution < 1.29 is 5.11 Å². The van der Waals surface area contributed by atoms with Gasteiger partial charge in [-0.15, -0.1) is 12.4 Å². The van der Waals surface area contributed by atoms with Crippen LogP contribution in [0.5, 0.6) is 0 Å². The first-order chi connectivity index (χ1) is 9.24. The van der Waals surface area contributed by atoms with Crippen LogP contribution in [0.3, 0.4) is 0 Å². The third-order valence-corrected chi connectivity index (χ3v) is 3.09. The fraction of sp³-hybridized carbons (Fsp3) is 0.583. The number of hydrogen-bond acceptors (Lipinski definition) is 6. The molecule has 0 aromatic carbocycles. The summed E-state index contributed by atoms with van der Waals surface area (Å²) in [6.45, 7) is 7.14. The number of aliphatic hydroxyl groups is 1. The summed E-state index contributed by atoms with van der Waals surface area (Å²) in [5.41, 5.74) is 1.38. The van der Waals surface area contributed by atoms with Crippen LogP contribution in [0.25, 0.3) is 11.2 Å². The highest BCUT2D eigenvalue weighted by molar-refractivity contribution is 5.85. The fourth-order valence-electron chi connectivity index (χ4n) is 1.96. The number of fused-ring (bicyclic) bond motifs is 1. The van der Waals surface area contributed by atoms with Crippen molar-refractivity contribution in [2.24, 2.45) is 0 Å². The number of hydrogen-bond donors (Lipinski definition) is 3. The third kappa shape index (κ3) is 4.03. The minimum absolute atomic E-state index is 0. The second-order valence-corrected chi connectivity index (χ2v) is 4.34. The van der Waals surface area contributed by atoms with Crippen molar-refractivity contribution in [2.75, 3.05) is 31.5 Å². The van der Waals surface area contributed by atoms with Crippen LogP contribution in [0.15, 0.2) is 12.7 Å². The SMILES string of the molecule is CCN(CC)CC(O)CNc1ncnc2nc[nH]c12.Cl. The molecule has 0 aliphatic rings. The van der Waals surface area contributed by atoms with Crippen LogP contribution in [-0.2, 0) is 0 Å². The van der Waals surface area contributed by atoms with Crippen LogP contribution in [0.4, 0.5) is 5.82 Å². The molecule has 1 atom stereocenters. The van der Waals surface area contributed by atoms with E-state index in [2.05, 4.69) is 44.0 Å². The average Bonchev–Trinajstić information content (AvgIpc) is 2.91. The maximum absolute atomic E-state index is 9.99. The number of likely N-dealkylation sites (N-methyl/N-ethyl adjacent to an activating group) is 1. The van der Waals surface area contributed by atoms with Crippen molar-refractivity contribution in [3.05, 3.63) is 12.7 Å². The lowest BCUT2D eigenvalue weighted by Crippen LogP contribution is -2.36. The molecule has 20 heavy (non-hydrogen) atoms. The molecular formula is C12H21ClN6O. The largest absolute Gasteiger partial charge is 0.390 e. The van der Waals surface area contributed by atoms with Crippen LogP contribution < -0.4 is 5.32 Å². The number of aliphatic hydroxyl groups excluding tert-OH is 1. The van der Waals surface area contributed by atoms with Gasteiger partial charge in [0.2, 0.25) is 0 Å². The zero-order valence-electron chi connectivity index (χ0n) is 11.7. The zero-order chi connectivity index (χ0) is 13.7. The van der Waals surface area contributed by atoms with Crippen molar-refractivity contribution in [1.29, 1.82) is 0 Å². The molecule has 0 fully saturated rings. The van der Waals surface area contributed by atoms with E-state index in [-0.39, 0.29) is 12.4 Å². The monoisotopic (exact) mass is 300 g/mol. The molecule has 2 aromatic rings. The quantitative estimate of drug-likeness (QED) is 0.703. The van der Waals surface area contributed by atoms with Gasteiger partial charge in [-0.2, -0.15) is 0 Å². The maximum Gasteiger partial charge on any atom is 0.182 e. The first kappa shape index (κ1) is 16.6. The van der Waals surface area contributed by atoms with E-state index in [1.807, 2.05) is 0 Å². The average molecular weight is 301 g/mol. The number of imidazole rings is 1. The summed E-state index contributed by atoms with van der Waals surface area (Å²) in [5.74, 6) is 0.668. The van der Waals surface area contributed by atoms with Crippen LogP contribution >= 0.6 is 12.4 Å². The molecule has 2 rings (SSSR count). The molecule has 3 N–H and O–H groups in total. The van der Waals surface area contributed by atoms with Crippen LogP contribution in [0.1, 0.15) is 13.8 Å². The molecule has 2 heterocycles. The highest BCUT2D eigenvalue weighted by Crippen LogP contribution is 2.14. The topological polar surface area (TPSA) is 90.0 Å². The minimum Gasteiger partial charge on any atom is -0.390 e. The second kappa shape index (κ2) is 7.98. The molecule has 0 spiro atoms. The Kier molecular flexibility index (Phi) is 6.63. The summed E-state index contributed by atoms with van der Waals surface area (Å²) in [6, 6.07) is 0. The van der Waals surface area contributed by atoms with Crippen LogP contribution in [-0.4, -0.2) is 62.2 Å². The molecule has 112 valence electrons. The first-order valence-electron chi connectivity index (χ1n) is 6.53. The van der Waals surface area contributed by atoms with E-state index in [9.17, 15) is 5.11 Å². The van der Waals surface area contributed by atoms with Gasteiger partial charge in [-0.05, 0) is 13.1 Å². The van der Waals surface area contributed by atoms with Gasteiger partial charge in [-0.1, -0.05) is 13.8 Å². The standard InChI is InChI=1S/C12H20N6O.ClH/c1-3-18(4-2)6-9(19)5-13-11-10-12(15-7-14-10)17-8-16-11;/h7-9,19H,3-6H2,1-2H3,(H2,13,14,15,16,17);1H. The molecule has 0 amide bonds. The summed E-state index contributed by atoms with van der Waals surface area (Å²) in [6.07, 6.45) is 2.60. The van der Waals surface area contributed by atoms with E-state index in [4.69, 9.17) is 0 Å². The number of aromatic nitrogens is 4. The van der Waals surface area contributed by atoms with Gasteiger partial charge in [0.1, 0.15) is 11.8 Å². The van der Waals surface area contributed by atoms with Gasteiger partial charge in [-0.25, -0.2) is 15.0 Å². The van der Waals surface area contributed by atoms with Gasteiger partial charge in [0, 0.05) is 13.1 Å². The lowest BCUT2D eigenvalue weighted by Gasteiger charge is -2.22. The van der Waals surface area contributed by atoms with Gasteiger partial charge in [-0.3, -0.25) is 0 Å². The molecule has 7 nitrogen and oxygen atoms in total. The lowest BCUT2D eigenvalue weighted by molar-refractivity contribution is 0.128. The fourth-order valence-corrected chi connectivity index (χ4v) is 1.96. The van der Waals surface area contributed by atoms with E-state index in [0.29, 0.717) is 24.6 Å². The number of nitrogens with zero attached hydrogens (tertiary/aromatic N) is 4. The maximum atomic E-state index is 9.99. The molecule has 0 saturated carbocycles. The lowest BCUT2D eigenvalue weighted by atomic mass is 10.3. The summed E-state index contributed by atoms with van der Waals surface area (Å²) in [7, 11) is 0. The van der Waals surface area contributed by atoms with E-state index in [1.54, 1.807) is 6.33 Å². The molecule has 0 radical (unpaired) electrons. The van der Waals surface area contributed by atoms with Crippen molar-refractivity contribution in [2.45, 2.75) is 20.0 Å². The summed E-state index contributed by atoms with van der Waals surface area (Å²) in [5, 5.41) is 13.1. The summed E-state index contributed by atoms with van der Waals surface area (Å²) < 4.78 is 0. The molecule has 0 saturated heterocycles. The summed E-state index contributed by atoms with van der Waals surface area (Å²) >= 11 is 0. The van der Waals surface area contributed by atoms with E-state index >= 15 is 0 Å². The first-order valence-corrected chi connectivity index (χ1v) is 6.53. The number of H-pyrrole nitrogens is 1. The molecule has 8 heteroatoms. The van der Waals surface area contributed by atoms with Gasteiger partial charge in [0.05, 0.1) is 12.4 Å². The Morgan fingerprint density at radius 3 is 2.75 bits per heavy atom. The number of halogens is 1. The molecule has 1 unspecified atom stereocenters. The number of nitrogens with one attached hydrogen (secondary N) is 2. The predicted molar refractivity (Wildman–Crippen MR) is 81.2 cm³/mol. The molecule has 0 aliphatic carbocycles. The number of aromatic amines is 1. The molecule has 0 bridgehead atoms. The van der Waals surface area contributed by atoms with E-state index < -0.39 is 6.10 Å². The van der Waals surface area contributed by atoms with Gasteiger partial charge in [0.25, 0.3) is 0 Å². The molecular weight excluding hydrogens is 280 g/mol. The van der Waals surface area contributed by atoms with Crippen molar-refractivity contribution in [3.8, 4) is 0 Å². The third-order valence-electron chi connectivity index (χ3n) is 3.09. The Morgan fingerprint density at radius 2 is 2.05 bits per heavy atom. The van der Waals surface area contributed by atoms with Gasteiger partial charge in [0.15, 0.2) is 11.5 Å². The zero-order valence-corrected chi connectivity index (χ0v) is 12.5.